The number of thioether (sulfide) groups is 1. The molecule has 1 aromatic carbocycles. The minimum atomic E-state index is 0.750. The van der Waals surface area contributed by atoms with Crippen molar-refractivity contribution in [1.82, 2.24) is 15.0 Å². The third kappa shape index (κ3) is 2.96. The largest absolute Gasteiger partial charge is 0.399 e. The number of aromatic nitrogens is 3. The van der Waals surface area contributed by atoms with Gasteiger partial charge in [0.25, 0.3) is 0 Å². The Morgan fingerprint density at radius 2 is 2.20 bits per heavy atom. The summed E-state index contributed by atoms with van der Waals surface area (Å²) in [5.74, 6) is 1.90. The number of fused-ring (bicyclic) bond motifs is 1. The van der Waals surface area contributed by atoms with Gasteiger partial charge in [0.05, 0.1) is 11.0 Å². The summed E-state index contributed by atoms with van der Waals surface area (Å²) >= 11 is 5.21. The zero-order valence-corrected chi connectivity index (χ0v) is 13.0. The number of H-pyrrole nitrogens is 1. The molecule has 20 heavy (non-hydrogen) atoms. The van der Waals surface area contributed by atoms with Gasteiger partial charge in [-0.05, 0) is 46.3 Å². The number of rotatable bonds is 4. The van der Waals surface area contributed by atoms with E-state index in [0.717, 1.165) is 44.2 Å². The first-order valence-electron chi connectivity index (χ1n) is 6.20. The lowest BCUT2D eigenvalue weighted by Crippen LogP contribution is -1.92. The van der Waals surface area contributed by atoms with Crippen LogP contribution in [0.1, 0.15) is 5.82 Å². The SMILES string of the molecule is Nc1ccc2nc(CCSc3ncccc3Br)[nH]c2c1. The van der Waals surface area contributed by atoms with E-state index in [-0.39, 0.29) is 0 Å². The van der Waals surface area contributed by atoms with E-state index in [4.69, 9.17) is 5.73 Å². The summed E-state index contributed by atoms with van der Waals surface area (Å²) in [5, 5.41) is 1.01. The Labute approximate surface area is 129 Å². The van der Waals surface area contributed by atoms with Crippen molar-refractivity contribution in [3.05, 3.63) is 46.8 Å². The molecule has 0 radical (unpaired) electrons. The van der Waals surface area contributed by atoms with Gasteiger partial charge in [0.2, 0.25) is 0 Å². The molecule has 3 N–H and O–H groups in total. The maximum Gasteiger partial charge on any atom is 0.110 e. The zero-order valence-electron chi connectivity index (χ0n) is 10.6. The standard InChI is InChI=1S/C14H13BrN4S/c15-10-2-1-6-17-14(10)20-7-5-13-18-11-4-3-9(16)8-12(11)19-13/h1-4,6,8H,5,7,16H2,(H,18,19). The molecule has 0 aliphatic heterocycles. The van der Waals surface area contributed by atoms with E-state index < -0.39 is 0 Å². The van der Waals surface area contributed by atoms with E-state index in [1.807, 2.05) is 30.3 Å². The molecule has 3 rings (SSSR count). The molecule has 4 nitrogen and oxygen atoms in total. The topological polar surface area (TPSA) is 67.6 Å². The molecule has 6 heteroatoms. The highest BCUT2D eigenvalue weighted by Crippen LogP contribution is 2.25. The number of halogens is 1. The molecule has 0 saturated carbocycles. The predicted molar refractivity (Wildman–Crippen MR) is 86.9 cm³/mol. The fourth-order valence-electron chi connectivity index (χ4n) is 1.92. The Morgan fingerprint density at radius 3 is 3.05 bits per heavy atom. The van der Waals surface area contributed by atoms with E-state index in [0.29, 0.717) is 0 Å². The van der Waals surface area contributed by atoms with Gasteiger partial charge >= 0.3 is 0 Å². The van der Waals surface area contributed by atoms with Gasteiger partial charge in [-0.15, -0.1) is 11.8 Å². The van der Waals surface area contributed by atoms with Gasteiger partial charge in [0, 0.05) is 28.5 Å². The van der Waals surface area contributed by atoms with Crippen LogP contribution in [0.15, 0.2) is 46.0 Å². The first-order chi connectivity index (χ1) is 9.72. The monoisotopic (exact) mass is 348 g/mol. The molecular weight excluding hydrogens is 336 g/mol. The van der Waals surface area contributed by atoms with Crippen LogP contribution in [-0.4, -0.2) is 20.7 Å². The summed E-state index contributed by atoms with van der Waals surface area (Å²) in [5.41, 5.74) is 8.46. The molecule has 2 aromatic heterocycles. The lowest BCUT2D eigenvalue weighted by atomic mass is 10.3. The molecule has 0 bridgehead atoms. The van der Waals surface area contributed by atoms with Gasteiger partial charge < -0.3 is 10.7 Å². The van der Waals surface area contributed by atoms with Gasteiger partial charge in [-0.3, -0.25) is 0 Å². The Balaban J connectivity index is 1.67. The van der Waals surface area contributed by atoms with Crippen LogP contribution < -0.4 is 5.73 Å². The zero-order chi connectivity index (χ0) is 13.9. The molecule has 2 heterocycles. The highest BCUT2D eigenvalue weighted by Gasteiger charge is 2.05. The summed E-state index contributed by atoms with van der Waals surface area (Å²) in [6.07, 6.45) is 2.67. The van der Waals surface area contributed by atoms with Crippen molar-refractivity contribution >= 4 is 44.4 Å². The number of nitrogens with one attached hydrogen (secondary N) is 1. The third-order valence-corrected chi connectivity index (χ3v) is 4.77. The van der Waals surface area contributed by atoms with Gasteiger partial charge in [-0.2, -0.15) is 0 Å². The summed E-state index contributed by atoms with van der Waals surface area (Å²) in [4.78, 5) is 12.2. The van der Waals surface area contributed by atoms with E-state index in [1.54, 1.807) is 18.0 Å². The van der Waals surface area contributed by atoms with E-state index in [1.165, 1.54) is 0 Å². The molecule has 0 atom stereocenters. The van der Waals surface area contributed by atoms with Gasteiger partial charge in [0.1, 0.15) is 10.9 Å². The molecule has 0 spiro atoms. The Morgan fingerprint density at radius 1 is 1.30 bits per heavy atom. The molecule has 3 aromatic rings. The van der Waals surface area contributed by atoms with Crippen LogP contribution in [0.25, 0.3) is 11.0 Å². The normalized spacial score (nSPS) is 11.1. The quantitative estimate of drug-likeness (QED) is 0.557. The number of benzene rings is 1. The number of hydrogen-bond acceptors (Lipinski definition) is 4. The number of aryl methyl sites for hydroxylation is 1. The van der Waals surface area contributed by atoms with Crippen molar-refractivity contribution in [1.29, 1.82) is 0 Å². The first kappa shape index (κ1) is 13.5. The summed E-state index contributed by atoms with van der Waals surface area (Å²) in [6, 6.07) is 9.63. The Bertz CT molecular complexity index is 741. The third-order valence-electron chi connectivity index (χ3n) is 2.86. The van der Waals surface area contributed by atoms with Crippen molar-refractivity contribution in [3.8, 4) is 0 Å². The number of nitrogens with two attached hydrogens (primary N) is 1. The van der Waals surface area contributed by atoms with Gasteiger partial charge in [0.15, 0.2) is 0 Å². The summed E-state index contributed by atoms with van der Waals surface area (Å²) in [6.45, 7) is 0. The first-order valence-corrected chi connectivity index (χ1v) is 7.98. The van der Waals surface area contributed by atoms with Crippen LogP contribution in [0.4, 0.5) is 5.69 Å². The Hall–Kier alpha value is -1.53. The maximum atomic E-state index is 5.76. The molecule has 0 aliphatic carbocycles. The van der Waals surface area contributed by atoms with Gasteiger partial charge in [-0.1, -0.05) is 0 Å². The van der Waals surface area contributed by atoms with Crippen molar-refractivity contribution < 1.29 is 0 Å². The van der Waals surface area contributed by atoms with Crippen LogP contribution in [0.2, 0.25) is 0 Å². The Kier molecular flexibility index (Phi) is 3.93. The number of pyridine rings is 1. The van der Waals surface area contributed by atoms with Crippen molar-refractivity contribution in [3.63, 3.8) is 0 Å². The molecule has 102 valence electrons. The van der Waals surface area contributed by atoms with Crippen molar-refractivity contribution in [2.24, 2.45) is 0 Å². The number of anilines is 1. The lowest BCUT2D eigenvalue weighted by molar-refractivity contribution is 1.00. The molecular formula is C14H13BrN4S. The smallest absolute Gasteiger partial charge is 0.110 e. The second-order valence-electron chi connectivity index (χ2n) is 4.35. The second-order valence-corrected chi connectivity index (χ2v) is 6.29. The van der Waals surface area contributed by atoms with Crippen LogP contribution in [0.5, 0.6) is 0 Å². The van der Waals surface area contributed by atoms with Crippen molar-refractivity contribution in [2.75, 3.05) is 11.5 Å². The van der Waals surface area contributed by atoms with Crippen LogP contribution in [0.3, 0.4) is 0 Å². The van der Waals surface area contributed by atoms with Crippen LogP contribution >= 0.6 is 27.7 Å². The molecule has 0 unspecified atom stereocenters. The van der Waals surface area contributed by atoms with Gasteiger partial charge in [-0.25, -0.2) is 9.97 Å². The number of imidazole rings is 1. The number of aromatic amines is 1. The number of hydrogen-bond donors (Lipinski definition) is 2. The minimum absolute atomic E-state index is 0.750. The van der Waals surface area contributed by atoms with Crippen LogP contribution in [-0.2, 0) is 6.42 Å². The highest BCUT2D eigenvalue weighted by molar-refractivity contribution is 9.10. The van der Waals surface area contributed by atoms with E-state index >= 15 is 0 Å². The lowest BCUT2D eigenvalue weighted by Gasteiger charge is -2.01. The fourth-order valence-corrected chi connectivity index (χ4v) is 3.35. The number of nitrogens with zero attached hydrogens (tertiary/aromatic N) is 2. The summed E-state index contributed by atoms with van der Waals surface area (Å²) in [7, 11) is 0. The minimum Gasteiger partial charge on any atom is -0.399 e. The number of nitrogen functional groups attached to an aromatic ring is 1. The maximum absolute atomic E-state index is 5.76. The predicted octanol–water partition coefficient (Wildman–Crippen LogP) is 3.64. The van der Waals surface area contributed by atoms with E-state index in [9.17, 15) is 0 Å². The average Bonchev–Trinajstić information content (AvgIpc) is 2.83. The average molecular weight is 349 g/mol. The fraction of sp³-hybridized carbons (Fsp3) is 0.143. The van der Waals surface area contributed by atoms with Crippen molar-refractivity contribution in [2.45, 2.75) is 11.4 Å². The summed E-state index contributed by atoms with van der Waals surface area (Å²) < 4.78 is 1.03. The molecule has 0 aliphatic rings. The van der Waals surface area contributed by atoms with Crippen LogP contribution in [0, 0.1) is 0 Å². The van der Waals surface area contributed by atoms with E-state index in [2.05, 4.69) is 30.9 Å². The molecule has 0 fully saturated rings. The second kappa shape index (κ2) is 5.85. The highest BCUT2D eigenvalue weighted by atomic mass is 79.9. The molecule has 0 saturated heterocycles. The molecule has 0 amide bonds.